The van der Waals surface area contributed by atoms with Crippen LogP contribution in [0, 0.1) is 6.01 Å². The molecule has 0 spiro atoms. The molecular formula is C15H11FN2O3S. The smallest absolute Gasteiger partial charge is 0.323 e. The Balaban J connectivity index is 2.02. The van der Waals surface area contributed by atoms with Crippen LogP contribution >= 0.6 is 0 Å². The van der Waals surface area contributed by atoms with Crippen molar-refractivity contribution in [2.24, 2.45) is 0 Å². The van der Waals surface area contributed by atoms with Crippen molar-refractivity contribution in [2.45, 2.75) is 4.90 Å². The first-order valence-corrected chi connectivity index (χ1v) is 7.85. The summed E-state index contributed by atoms with van der Waals surface area (Å²) >= 11 is 0. The molecule has 112 valence electrons. The number of aromatic nitrogens is 1. The standard InChI is InChI=1S/C15H11FN2O3S/c16-15-14(13(17-21-15)11-7-3-1-4-8-11)18-22(19,20)12-9-5-2-6-10-12/h1-10,18H. The highest BCUT2D eigenvalue weighted by Crippen LogP contribution is 2.31. The van der Waals surface area contributed by atoms with E-state index in [4.69, 9.17) is 0 Å². The van der Waals surface area contributed by atoms with Crippen molar-refractivity contribution >= 4 is 15.7 Å². The molecule has 0 amide bonds. The molecule has 5 nitrogen and oxygen atoms in total. The van der Waals surface area contributed by atoms with Gasteiger partial charge < -0.3 is 4.52 Å². The molecule has 3 aromatic rings. The van der Waals surface area contributed by atoms with E-state index in [1.54, 1.807) is 48.5 Å². The minimum atomic E-state index is -3.93. The molecule has 22 heavy (non-hydrogen) atoms. The lowest BCUT2D eigenvalue weighted by Gasteiger charge is -2.07. The summed E-state index contributed by atoms with van der Waals surface area (Å²) in [5.74, 6) is 0. The lowest BCUT2D eigenvalue weighted by atomic mass is 10.1. The summed E-state index contributed by atoms with van der Waals surface area (Å²) in [6, 6.07) is 15.2. The van der Waals surface area contributed by atoms with E-state index in [2.05, 4.69) is 14.4 Å². The second-order valence-electron chi connectivity index (χ2n) is 4.46. The van der Waals surface area contributed by atoms with Gasteiger partial charge in [-0.3, -0.25) is 4.72 Å². The van der Waals surface area contributed by atoms with Crippen LogP contribution in [0.3, 0.4) is 0 Å². The van der Waals surface area contributed by atoms with Crippen molar-refractivity contribution in [1.29, 1.82) is 0 Å². The summed E-state index contributed by atoms with van der Waals surface area (Å²) in [7, 11) is -3.93. The van der Waals surface area contributed by atoms with Gasteiger partial charge in [0, 0.05) is 5.56 Å². The van der Waals surface area contributed by atoms with Gasteiger partial charge in [-0.2, -0.15) is 4.39 Å². The molecule has 0 unspecified atom stereocenters. The number of benzene rings is 2. The zero-order valence-corrected chi connectivity index (χ0v) is 12.0. The highest BCUT2D eigenvalue weighted by atomic mass is 32.2. The quantitative estimate of drug-likeness (QED) is 0.801. The fraction of sp³-hybridized carbons (Fsp3) is 0. The van der Waals surface area contributed by atoms with E-state index in [-0.39, 0.29) is 16.3 Å². The Hall–Kier alpha value is -2.67. The van der Waals surface area contributed by atoms with Crippen LogP contribution in [-0.2, 0) is 10.0 Å². The third-order valence-corrected chi connectivity index (χ3v) is 4.35. The molecule has 0 bridgehead atoms. The van der Waals surface area contributed by atoms with Crippen LogP contribution in [-0.4, -0.2) is 13.6 Å². The Labute approximate surface area is 126 Å². The van der Waals surface area contributed by atoms with Crippen molar-refractivity contribution in [3.8, 4) is 11.3 Å². The second-order valence-corrected chi connectivity index (χ2v) is 6.15. The molecular weight excluding hydrogens is 307 g/mol. The monoisotopic (exact) mass is 318 g/mol. The molecule has 0 radical (unpaired) electrons. The summed E-state index contributed by atoms with van der Waals surface area (Å²) in [4.78, 5) is 0.0228. The summed E-state index contributed by atoms with van der Waals surface area (Å²) in [6.45, 7) is 0. The molecule has 1 N–H and O–H groups in total. The Kier molecular flexibility index (Phi) is 3.64. The van der Waals surface area contributed by atoms with Crippen molar-refractivity contribution in [1.82, 2.24) is 5.16 Å². The van der Waals surface area contributed by atoms with Gasteiger partial charge in [0.25, 0.3) is 10.0 Å². The van der Waals surface area contributed by atoms with E-state index in [0.717, 1.165) is 0 Å². The molecule has 3 rings (SSSR count). The highest BCUT2D eigenvalue weighted by Gasteiger charge is 2.23. The fourth-order valence-corrected chi connectivity index (χ4v) is 3.02. The first-order valence-electron chi connectivity index (χ1n) is 6.36. The van der Waals surface area contributed by atoms with Gasteiger partial charge in [0.05, 0.1) is 4.90 Å². The molecule has 0 atom stereocenters. The number of anilines is 1. The minimum Gasteiger partial charge on any atom is -0.323 e. The normalized spacial score (nSPS) is 11.3. The average molecular weight is 318 g/mol. The highest BCUT2D eigenvalue weighted by molar-refractivity contribution is 7.92. The van der Waals surface area contributed by atoms with Gasteiger partial charge in [-0.1, -0.05) is 53.7 Å². The van der Waals surface area contributed by atoms with Gasteiger partial charge in [-0.15, -0.1) is 0 Å². The molecule has 0 saturated carbocycles. The van der Waals surface area contributed by atoms with Crippen LogP contribution in [0.4, 0.5) is 10.1 Å². The van der Waals surface area contributed by atoms with Gasteiger partial charge in [0.1, 0.15) is 5.69 Å². The van der Waals surface area contributed by atoms with Crippen molar-refractivity contribution < 1.29 is 17.3 Å². The Morgan fingerprint density at radius 3 is 2.18 bits per heavy atom. The molecule has 1 aromatic heterocycles. The number of rotatable bonds is 4. The summed E-state index contributed by atoms with van der Waals surface area (Å²) in [6.07, 6.45) is 0. The van der Waals surface area contributed by atoms with Crippen LogP contribution in [0.25, 0.3) is 11.3 Å². The van der Waals surface area contributed by atoms with Gasteiger partial charge in [0.15, 0.2) is 5.69 Å². The SMILES string of the molecule is O=S(=O)(Nc1c(-c2ccccc2)noc1F)c1ccccc1. The van der Waals surface area contributed by atoms with E-state index in [1.165, 1.54) is 12.1 Å². The number of hydrogen-bond donors (Lipinski definition) is 1. The lowest BCUT2D eigenvalue weighted by Crippen LogP contribution is -2.13. The summed E-state index contributed by atoms with van der Waals surface area (Å²) in [5.41, 5.74) is 0.327. The van der Waals surface area contributed by atoms with Crippen LogP contribution < -0.4 is 4.72 Å². The predicted octanol–water partition coefficient (Wildman–Crippen LogP) is 3.28. The maximum Gasteiger partial charge on any atom is 0.330 e. The lowest BCUT2D eigenvalue weighted by molar-refractivity contribution is 0.285. The number of hydrogen-bond acceptors (Lipinski definition) is 4. The van der Waals surface area contributed by atoms with Crippen LogP contribution in [0.1, 0.15) is 0 Å². The van der Waals surface area contributed by atoms with E-state index < -0.39 is 16.0 Å². The van der Waals surface area contributed by atoms with Crippen molar-refractivity contribution in [3.63, 3.8) is 0 Å². The maximum atomic E-state index is 13.8. The zero-order valence-electron chi connectivity index (χ0n) is 11.2. The minimum absolute atomic E-state index is 0.0228. The number of nitrogens with one attached hydrogen (secondary N) is 1. The zero-order chi connectivity index (χ0) is 15.6. The van der Waals surface area contributed by atoms with Crippen LogP contribution in [0.15, 0.2) is 70.1 Å². The van der Waals surface area contributed by atoms with E-state index in [9.17, 15) is 12.8 Å². The molecule has 7 heteroatoms. The van der Waals surface area contributed by atoms with Crippen LogP contribution in [0.5, 0.6) is 0 Å². The molecule has 0 fully saturated rings. The Morgan fingerprint density at radius 1 is 0.955 bits per heavy atom. The average Bonchev–Trinajstić information content (AvgIpc) is 2.90. The van der Waals surface area contributed by atoms with Gasteiger partial charge in [-0.05, 0) is 12.1 Å². The van der Waals surface area contributed by atoms with Crippen molar-refractivity contribution in [2.75, 3.05) is 4.72 Å². The molecule has 2 aromatic carbocycles. The summed E-state index contributed by atoms with van der Waals surface area (Å²) < 4.78 is 45.0. The van der Waals surface area contributed by atoms with E-state index in [1.807, 2.05) is 0 Å². The van der Waals surface area contributed by atoms with Crippen molar-refractivity contribution in [3.05, 3.63) is 66.7 Å². The first kappa shape index (κ1) is 14.3. The maximum absolute atomic E-state index is 13.8. The molecule has 1 heterocycles. The van der Waals surface area contributed by atoms with E-state index >= 15 is 0 Å². The number of halogens is 1. The second kappa shape index (κ2) is 5.61. The Morgan fingerprint density at radius 2 is 1.55 bits per heavy atom. The molecule has 0 saturated heterocycles. The number of nitrogens with zero attached hydrogens (tertiary/aromatic N) is 1. The van der Waals surface area contributed by atoms with E-state index in [0.29, 0.717) is 5.56 Å². The topological polar surface area (TPSA) is 72.2 Å². The first-order chi connectivity index (χ1) is 10.6. The Bertz CT molecular complexity index is 878. The third-order valence-electron chi connectivity index (χ3n) is 2.99. The van der Waals surface area contributed by atoms with Gasteiger partial charge >= 0.3 is 6.01 Å². The van der Waals surface area contributed by atoms with Crippen LogP contribution in [0.2, 0.25) is 0 Å². The van der Waals surface area contributed by atoms with Gasteiger partial charge in [-0.25, -0.2) is 8.42 Å². The molecule has 0 aliphatic carbocycles. The fourth-order valence-electron chi connectivity index (χ4n) is 1.94. The predicted molar refractivity (Wildman–Crippen MR) is 79.1 cm³/mol. The largest absolute Gasteiger partial charge is 0.330 e. The third kappa shape index (κ3) is 2.71. The summed E-state index contributed by atoms with van der Waals surface area (Å²) in [5, 5.41) is 3.59. The number of sulfonamides is 1. The molecule has 0 aliphatic heterocycles. The molecule has 0 aliphatic rings. The van der Waals surface area contributed by atoms with Gasteiger partial charge in [0.2, 0.25) is 0 Å².